The lowest BCUT2D eigenvalue weighted by Crippen LogP contribution is -2.44. The van der Waals surface area contributed by atoms with Gasteiger partial charge in [0.2, 0.25) is 15.9 Å². The Morgan fingerprint density at radius 1 is 1.04 bits per heavy atom. The molecule has 2 aromatic carbocycles. The van der Waals surface area contributed by atoms with E-state index in [9.17, 15) is 13.2 Å². The molecule has 0 unspecified atom stereocenters. The zero-order chi connectivity index (χ0) is 19.7. The van der Waals surface area contributed by atoms with Crippen LogP contribution in [0.2, 0.25) is 0 Å². The summed E-state index contributed by atoms with van der Waals surface area (Å²) in [5.41, 5.74) is 8.98. The van der Waals surface area contributed by atoms with Gasteiger partial charge >= 0.3 is 0 Å². The number of hydrogen-bond donors (Lipinski definition) is 2. The summed E-state index contributed by atoms with van der Waals surface area (Å²) in [6, 6.07) is 12.1. The molecule has 1 saturated heterocycles. The van der Waals surface area contributed by atoms with E-state index in [4.69, 9.17) is 5.73 Å². The molecular weight excluding hydrogens is 376 g/mol. The number of primary amides is 1. The van der Waals surface area contributed by atoms with Gasteiger partial charge in [0.05, 0.1) is 4.90 Å². The second kappa shape index (κ2) is 7.54. The summed E-state index contributed by atoms with van der Waals surface area (Å²) in [5, 5.41) is 3.36. The number of piperazine rings is 1. The van der Waals surface area contributed by atoms with E-state index in [0.29, 0.717) is 19.5 Å². The number of fused-ring (bicyclic) bond motifs is 1. The number of nitrogens with one attached hydrogen (secondary N) is 1. The monoisotopic (exact) mass is 400 g/mol. The number of carbonyl (C=O) groups is 1. The average molecular weight is 401 g/mol. The summed E-state index contributed by atoms with van der Waals surface area (Å²) in [4.78, 5) is 13.9. The maximum Gasteiger partial charge on any atom is 0.248 e. The highest BCUT2D eigenvalue weighted by molar-refractivity contribution is 7.89. The molecule has 3 N–H and O–H groups in total. The van der Waals surface area contributed by atoms with E-state index >= 15 is 0 Å². The molecule has 2 aliphatic heterocycles. The van der Waals surface area contributed by atoms with Crippen molar-refractivity contribution in [3.8, 4) is 0 Å². The SMILES string of the molecule is NC(=O)c1cccc(S(=O)(=O)N2CCc3c(cccc3N3CCNCC3)C2)c1. The molecule has 7 nitrogen and oxygen atoms in total. The van der Waals surface area contributed by atoms with Gasteiger partial charge in [-0.1, -0.05) is 18.2 Å². The second-order valence-electron chi connectivity index (χ2n) is 7.13. The van der Waals surface area contributed by atoms with Crippen molar-refractivity contribution in [2.24, 2.45) is 5.73 Å². The van der Waals surface area contributed by atoms with Crippen molar-refractivity contribution < 1.29 is 13.2 Å². The minimum Gasteiger partial charge on any atom is -0.369 e. The van der Waals surface area contributed by atoms with Crippen LogP contribution in [-0.4, -0.2) is 51.4 Å². The van der Waals surface area contributed by atoms with Crippen LogP contribution in [0.5, 0.6) is 0 Å². The molecular formula is C20H24N4O3S. The Labute approximate surface area is 165 Å². The van der Waals surface area contributed by atoms with Crippen molar-refractivity contribution in [1.29, 1.82) is 0 Å². The quantitative estimate of drug-likeness (QED) is 0.796. The lowest BCUT2D eigenvalue weighted by atomic mass is 9.98. The van der Waals surface area contributed by atoms with E-state index < -0.39 is 15.9 Å². The molecule has 0 atom stereocenters. The standard InChI is InChI=1S/C20H24N4O3S/c21-20(25)15-3-1-5-17(13-15)28(26,27)24-10-7-18-16(14-24)4-2-6-19(18)23-11-8-22-9-12-23/h1-6,13,22H,7-12,14H2,(H2,21,25). The molecule has 0 aliphatic carbocycles. The molecule has 0 radical (unpaired) electrons. The number of amides is 1. The van der Waals surface area contributed by atoms with Crippen LogP contribution in [0.25, 0.3) is 0 Å². The van der Waals surface area contributed by atoms with Gasteiger partial charge in [-0.3, -0.25) is 4.79 Å². The Bertz CT molecular complexity index is 1000. The first-order valence-electron chi connectivity index (χ1n) is 9.43. The third kappa shape index (κ3) is 3.50. The first-order chi connectivity index (χ1) is 13.5. The topological polar surface area (TPSA) is 95.7 Å². The minimum atomic E-state index is -3.70. The van der Waals surface area contributed by atoms with Crippen molar-refractivity contribution in [3.63, 3.8) is 0 Å². The van der Waals surface area contributed by atoms with Gasteiger partial charge in [-0.05, 0) is 41.8 Å². The van der Waals surface area contributed by atoms with E-state index in [1.807, 2.05) is 12.1 Å². The van der Waals surface area contributed by atoms with Crippen LogP contribution in [0.15, 0.2) is 47.4 Å². The summed E-state index contributed by atoms with van der Waals surface area (Å²) >= 11 is 0. The Hall–Kier alpha value is -2.42. The zero-order valence-electron chi connectivity index (χ0n) is 15.6. The van der Waals surface area contributed by atoms with Gasteiger partial charge in [-0.25, -0.2) is 8.42 Å². The number of carbonyl (C=O) groups excluding carboxylic acids is 1. The molecule has 1 fully saturated rings. The Morgan fingerprint density at radius 2 is 1.79 bits per heavy atom. The van der Waals surface area contributed by atoms with E-state index in [1.165, 1.54) is 33.8 Å². The fourth-order valence-corrected chi connectivity index (χ4v) is 5.39. The number of benzene rings is 2. The fourth-order valence-electron chi connectivity index (χ4n) is 3.93. The van der Waals surface area contributed by atoms with Gasteiger partial charge in [-0.2, -0.15) is 4.31 Å². The zero-order valence-corrected chi connectivity index (χ0v) is 16.4. The van der Waals surface area contributed by atoms with Crippen molar-refractivity contribution in [1.82, 2.24) is 9.62 Å². The first-order valence-corrected chi connectivity index (χ1v) is 10.9. The summed E-state index contributed by atoms with van der Waals surface area (Å²) in [5.74, 6) is -0.637. The molecule has 148 valence electrons. The van der Waals surface area contributed by atoms with Crippen molar-refractivity contribution in [2.75, 3.05) is 37.6 Å². The van der Waals surface area contributed by atoms with Gasteiger partial charge in [0.1, 0.15) is 0 Å². The predicted octanol–water partition coefficient (Wildman–Crippen LogP) is 0.942. The van der Waals surface area contributed by atoms with Crippen molar-refractivity contribution in [3.05, 3.63) is 59.2 Å². The molecule has 4 rings (SSSR count). The summed E-state index contributed by atoms with van der Waals surface area (Å²) < 4.78 is 27.7. The van der Waals surface area contributed by atoms with Gasteiger partial charge in [0, 0.05) is 50.5 Å². The smallest absolute Gasteiger partial charge is 0.248 e. The third-order valence-electron chi connectivity index (χ3n) is 5.42. The van der Waals surface area contributed by atoms with Crippen LogP contribution in [-0.2, 0) is 23.0 Å². The van der Waals surface area contributed by atoms with Gasteiger partial charge in [-0.15, -0.1) is 0 Å². The van der Waals surface area contributed by atoms with Crippen molar-refractivity contribution in [2.45, 2.75) is 17.9 Å². The van der Waals surface area contributed by atoms with Crippen LogP contribution < -0.4 is 16.0 Å². The largest absolute Gasteiger partial charge is 0.369 e. The molecule has 2 aliphatic rings. The van der Waals surface area contributed by atoms with E-state index in [1.54, 1.807) is 6.07 Å². The number of anilines is 1. The molecule has 8 heteroatoms. The lowest BCUT2D eigenvalue weighted by molar-refractivity contribution is 0.1000. The van der Waals surface area contributed by atoms with Gasteiger partial charge in [0.15, 0.2) is 0 Å². The Balaban J connectivity index is 1.62. The minimum absolute atomic E-state index is 0.102. The molecule has 28 heavy (non-hydrogen) atoms. The third-order valence-corrected chi connectivity index (χ3v) is 7.26. The highest BCUT2D eigenvalue weighted by atomic mass is 32.2. The molecule has 2 heterocycles. The molecule has 0 spiro atoms. The van der Waals surface area contributed by atoms with Gasteiger partial charge < -0.3 is 16.0 Å². The van der Waals surface area contributed by atoms with Crippen LogP contribution in [0, 0.1) is 0 Å². The molecule has 1 amide bonds. The number of nitrogens with zero attached hydrogens (tertiary/aromatic N) is 2. The predicted molar refractivity (Wildman–Crippen MR) is 108 cm³/mol. The average Bonchev–Trinajstić information content (AvgIpc) is 2.73. The normalized spacial score (nSPS) is 17.9. The Kier molecular flexibility index (Phi) is 5.09. The van der Waals surface area contributed by atoms with Crippen LogP contribution >= 0.6 is 0 Å². The number of rotatable bonds is 4. The summed E-state index contributed by atoms with van der Waals surface area (Å²) in [7, 11) is -3.70. The fraction of sp³-hybridized carbons (Fsp3) is 0.350. The van der Waals surface area contributed by atoms with Crippen LogP contribution in [0.1, 0.15) is 21.5 Å². The van der Waals surface area contributed by atoms with E-state index in [0.717, 1.165) is 31.7 Å². The van der Waals surface area contributed by atoms with Crippen LogP contribution in [0.3, 0.4) is 0 Å². The maximum absolute atomic E-state index is 13.1. The Morgan fingerprint density at radius 3 is 2.54 bits per heavy atom. The number of nitrogens with two attached hydrogens (primary N) is 1. The number of sulfonamides is 1. The van der Waals surface area contributed by atoms with Gasteiger partial charge in [0.25, 0.3) is 0 Å². The van der Waals surface area contributed by atoms with E-state index in [2.05, 4.69) is 16.3 Å². The lowest BCUT2D eigenvalue weighted by Gasteiger charge is -2.35. The molecule has 2 aromatic rings. The highest BCUT2D eigenvalue weighted by Crippen LogP contribution is 2.31. The second-order valence-corrected chi connectivity index (χ2v) is 9.07. The molecule has 0 aromatic heterocycles. The molecule has 0 saturated carbocycles. The van der Waals surface area contributed by atoms with Crippen molar-refractivity contribution >= 4 is 21.6 Å². The summed E-state index contributed by atoms with van der Waals surface area (Å²) in [6.45, 7) is 4.58. The highest BCUT2D eigenvalue weighted by Gasteiger charge is 2.30. The summed E-state index contributed by atoms with van der Waals surface area (Å²) in [6.07, 6.45) is 0.671. The maximum atomic E-state index is 13.1. The number of hydrogen-bond acceptors (Lipinski definition) is 5. The van der Waals surface area contributed by atoms with E-state index in [-0.39, 0.29) is 10.5 Å². The molecule has 0 bridgehead atoms. The first kappa shape index (κ1) is 18.9. The van der Waals surface area contributed by atoms with Crippen LogP contribution in [0.4, 0.5) is 5.69 Å².